The molecule has 9 heteroatoms. The standard InChI is InChI=1S/C19H30N6S2.HI/c1-3-16-13-23-17(27-16)8-10-22-18(20-4-2)21-9-7-15-14-26-19(24-15)25-11-5-6-12-25;/h13-14H,3-12H2,1-2H3,(H2,20,21,22);1H. The molecule has 6 nitrogen and oxygen atoms in total. The molecule has 1 saturated heterocycles. The van der Waals surface area contributed by atoms with E-state index in [0.29, 0.717) is 0 Å². The molecule has 0 radical (unpaired) electrons. The molecule has 2 aromatic heterocycles. The molecule has 0 atom stereocenters. The Morgan fingerprint density at radius 2 is 2.04 bits per heavy atom. The third-order valence-electron chi connectivity index (χ3n) is 4.48. The molecule has 0 unspecified atom stereocenters. The van der Waals surface area contributed by atoms with E-state index in [1.807, 2.05) is 6.20 Å². The van der Waals surface area contributed by atoms with Crippen molar-refractivity contribution in [1.29, 1.82) is 0 Å². The van der Waals surface area contributed by atoms with Gasteiger partial charge in [0.2, 0.25) is 0 Å². The number of rotatable bonds is 9. The first-order chi connectivity index (χ1) is 13.3. The van der Waals surface area contributed by atoms with Gasteiger partial charge in [0.15, 0.2) is 11.1 Å². The average molecular weight is 535 g/mol. The lowest BCUT2D eigenvalue weighted by Gasteiger charge is -2.12. The van der Waals surface area contributed by atoms with Crippen molar-refractivity contribution in [2.75, 3.05) is 37.6 Å². The third kappa shape index (κ3) is 7.14. The van der Waals surface area contributed by atoms with Gasteiger partial charge in [-0.25, -0.2) is 9.97 Å². The molecule has 0 aromatic carbocycles. The van der Waals surface area contributed by atoms with Gasteiger partial charge in [-0.3, -0.25) is 4.99 Å². The van der Waals surface area contributed by atoms with Crippen LogP contribution in [0.25, 0.3) is 0 Å². The van der Waals surface area contributed by atoms with E-state index >= 15 is 0 Å². The Morgan fingerprint density at radius 1 is 1.21 bits per heavy atom. The van der Waals surface area contributed by atoms with Crippen molar-refractivity contribution in [2.45, 2.75) is 46.0 Å². The average Bonchev–Trinajstić information content (AvgIpc) is 3.43. The summed E-state index contributed by atoms with van der Waals surface area (Å²) in [6, 6.07) is 0. The Bertz CT molecular complexity index is 724. The van der Waals surface area contributed by atoms with Gasteiger partial charge in [-0.15, -0.1) is 46.7 Å². The fourth-order valence-corrected chi connectivity index (χ4v) is 4.77. The summed E-state index contributed by atoms with van der Waals surface area (Å²) in [4.78, 5) is 17.7. The number of anilines is 1. The van der Waals surface area contributed by atoms with Crippen LogP contribution in [0.2, 0.25) is 0 Å². The monoisotopic (exact) mass is 534 g/mol. The molecule has 2 aromatic rings. The molecule has 0 aliphatic carbocycles. The van der Waals surface area contributed by atoms with Crippen molar-refractivity contribution in [2.24, 2.45) is 4.99 Å². The first-order valence-electron chi connectivity index (χ1n) is 9.93. The van der Waals surface area contributed by atoms with E-state index in [9.17, 15) is 0 Å². The highest BCUT2D eigenvalue weighted by molar-refractivity contribution is 14.0. The number of nitrogens with one attached hydrogen (secondary N) is 2. The van der Waals surface area contributed by atoms with Gasteiger partial charge in [0.25, 0.3) is 0 Å². The third-order valence-corrected chi connectivity index (χ3v) is 6.63. The number of hydrogen-bond acceptors (Lipinski definition) is 6. The predicted molar refractivity (Wildman–Crippen MR) is 132 cm³/mol. The van der Waals surface area contributed by atoms with Crippen LogP contribution in [0.15, 0.2) is 16.6 Å². The van der Waals surface area contributed by atoms with Crippen LogP contribution in [0.4, 0.5) is 5.13 Å². The van der Waals surface area contributed by atoms with Gasteiger partial charge in [-0.1, -0.05) is 6.92 Å². The van der Waals surface area contributed by atoms with Crippen LogP contribution >= 0.6 is 46.7 Å². The lowest BCUT2D eigenvalue weighted by Crippen LogP contribution is -2.38. The van der Waals surface area contributed by atoms with E-state index in [0.717, 1.165) is 57.9 Å². The molecule has 2 N–H and O–H groups in total. The molecule has 0 bridgehead atoms. The summed E-state index contributed by atoms with van der Waals surface area (Å²) in [6.45, 7) is 9.02. The lowest BCUT2D eigenvalue weighted by atomic mass is 10.3. The van der Waals surface area contributed by atoms with Crippen LogP contribution < -0.4 is 15.5 Å². The van der Waals surface area contributed by atoms with Gasteiger partial charge in [0.05, 0.1) is 10.7 Å². The van der Waals surface area contributed by atoms with Gasteiger partial charge in [-0.05, 0) is 26.2 Å². The molecule has 1 aliphatic heterocycles. The SMILES string of the molecule is CCNC(=NCCc1ncc(CC)s1)NCCc1csc(N2CCCC2)n1.I. The Labute approximate surface area is 193 Å². The van der Waals surface area contributed by atoms with Crippen molar-refractivity contribution in [3.63, 3.8) is 0 Å². The molecule has 1 aliphatic rings. The molecule has 3 heterocycles. The number of aromatic nitrogens is 2. The van der Waals surface area contributed by atoms with Gasteiger partial charge < -0.3 is 15.5 Å². The quantitative estimate of drug-likeness (QED) is 0.292. The Morgan fingerprint density at radius 3 is 2.75 bits per heavy atom. The van der Waals surface area contributed by atoms with Gasteiger partial charge in [0.1, 0.15) is 0 Å². The summed E-state index contributed by atoms with van der Waals surface area (Å²) in [5.41, 5.74) is 1.17. The van der Waals surface area contributed by atoms with Crippen molar-refractivity contribution in [1.82, 2.24) is 20.6 Å². The van der Waals surface area contributed by atoms with Gasteiger partial charge >= 0.3 is 0 Å². The van der Waals surface area contributed by atoms with E-state index < -0.39 is 0 Å². The zero-order valence-corrected chi connectivity index (χ0v) is 20.7. The fraction of sp³-hybridized carbons (Fsp3) is 0.632. The molecule has 0 saturated carbocycles. The molecule has 156 valence electrons. The number of halogens is 1. The van der Waals surface area contributed by atoms with E-state index in [1.54, 1.807) is 22.7 Å². The molecule has 0 amide bonds. The first kappa shape index (κ1) is 23.3. The summed E-state index contributed by atoms with van der Waals surface area (Å²) >= 11 is 3.56. The summed E-state index contributed by atoms with van der Waals surface area (Å²) in [6.07, 6.45) is 7.44. The number of thiazole rings is 2. The van der Waals surface area contributed by atoms with E-state index in [4.69, 9.17) is 4.98 Å². The molecular weight excluding hydrogens is 503 g/mol. The Balaban J connectivity index is 0.00000280. The summed E-state index contributed by atoms with van der Waals surface area (Å²) in [5.74, 6) is 0.875. The topological polar surface area (TPSA) is 65.4 Å². The van der Waals surface area contributed by atoms with Crippen molar-refractivity contribution < 1.29 is 0 Å². The second-order valence-electron chi connectivity index (χ2n) is 6.58. The molecule has 3 rings (SSSR count). The maximum Gasteiger partial charge on any atom is 0.191 e. The Hall–Kier alpha value is -0.940. The maximum atomic E-state index is 4.78. The summed E-state index contributed by atoms with van der Waals surface area (Å²) in [5, 5.41) is 11.3. The minimum atomic E-state index is 0. The van der Waals surface area contributed by atoms with Crippen LogP contribution in [0.3, 0.4) is 0 Å². The largest absolute Gasteiger partial charge is 0.357 e. The van der Waals surface area contributed by atoms with E-state index in [1.165, 1.54) is 33.6 Å². The molecule has 1 fully saturated rings. The highest BCUT2D eigenvalue weighted by atomic mass is 127. The highest BCUT2D eigenvalue weighted by Crippen LogP contribution is 2.24. The predicted octanol–water partition coefficient (Wildman–Crippen LogP) is 3.72. The van der Waals surface area contributed by atoms with Crippen LogP contribution in [0.1, 0.15) is 42.3 Å². The molecule has 0 spiro atoms. The van der Waals surface area contributed by atoms with Crippen LogP contribution in [-0.2, 0) is 19.3 Å². The number of hydrogen-bond donors (Lipinski definition) is 2. The second kappa shape index (κ2) is 12.6. The minimum Gasteiger partial charge on any atom is -0.357 e. The zero-order valence-electron chi connectivity index (χ0n) is 16.7. The second-order valence-corrected chi connectivity index (χ2v) is 8.61. The van der Waals surface area contributed by atoms with Crippen molar-refractivity contribution >= 4 is 57.7 Å². The highest BCUT2D eigenvalue weighted by Gasteiger charge is 2.15. The number of aliphatic imine (C=N–C) groups is 1. The first-order valence-corrected chi connectivity index (χ1v) is 11.6. The Kier molecular flexibility index (Phi) is 10.5. The van der Waals surface area contributed by atoms with Crippen LogP contribution in [-0.4, -0.2) is 48.7 Å². The molecule has 28 heavy (non-hydrogen) atoms. The smallest absolute Gasteiger partial charge is 0.191 e. The summed E-state index contributed by atoms with van der Waals surface area (Å²) < 4.78 is 0. The van der Waals surface area contributed by atoms with Crippen molar-refractivity contribution in [3.05, 3.63) is 27.2 Å². The van der Waals surface area contributed by atoms with E-state index in [2.05, 4.69) is 44.7 Å². The number of aryl methyl sites for hydroxylation is 1. The number of nitrogens with zero attached hydrogens (tertiary/aromatic N) is 4. The van der Waals surface area contributed by atoms with Crippen LogP contribution in [0.5, 0.6) is 0 Å². The normalized spacial score (nSPS) is 14.2. The molecular formula is C19H31IN6S2. The van der Waals surface area contributed by atoms with E-state index in [-0.39, 0.29) is 24.0 Å². The maximum absolute atomic E-state index is 4.78. The van der Waals surface area contributed by atoms with Gasteiger partial charge in [0, 0.05) is 62.0 Å². The zero-order chi connectivity index (χ0) is 18.9. The minimum absolute atomic E-state index is 0. The number of guanidine groups is 1. The van der Waals surface area contributed by atoms with Gasteiger partial charge in [-0.2, -0.15) is 0 Å². The summed E-state index contributed by atoms with van der Waals surface area (Å²) in [7, 11) is 0. The van der Waals surface area contributed by atoms with Crippen LogP contribution in [0, 0.1) is 0 Å². The lowest BCUT2D eigenvalue weighted by molar-refractivity contribution is 0.787. The fourth-order valence-electron chi connectivity index (χ4n) is 3.01. The van der Waals surface area contributed by atoms with Crippen molar-refractivity contribution in [3.8, 4) is 0 Å².